The number of benzene rings is 1. The van der Waals surface area contributed by atoms with Crippen molar-refractivity contribution in [2.24, 2.45) is 0 Å². The number of hydrogen-bond acceptors (Lipinski definition) is 4. The van der Waals surface area contributed by atoms with Gasteiger partial charge in [0.15, 0.2) is 6.29 Å². The zero-order valence-electron chi connectivity index (χ0n) is 10.3. The van der Waals surface area contributed by atoms with Gasteiger partial charge in [-0.15, -0.1) is 0 Å². The molecular weight excluding hydrogens is 242 g/mol. The maximum atomic E-state index is 11.2. The van der Waals surface area contributed by atoms with Crippen molar-refractivity contribution < 1.29 is 9.53 Å². The third kappa shape index (κ3) is 1.85. The van der Waals surface area contributed by atoms with E-state index in [2.05, 4.69) is 9.97 Å². The van der Waals surface area contributed by atoms with Crippen molar-refractivity contribution in [3.8, 4) is 11.7 Å². The Morgan fingerprint density at radius 1 is 1.26 bits per heavy atom. The Kier molecular flexibility index (Phi) is 2.72. The summed E-state index contributed by atoms with van der Waals surface area (Å²) in [5, 5.41) is 0.821. The number of fused-ring (bicyclic) bond motifs is 1. The number of carbonyl (C=O) groups excluding carboxylic acids is 1. The van der Waals surface area contributed by atoms with Crippen LogP contribution in [0.4, 0.5) is 0 Å². The summed E-state index contributed by atoms with van der Waals surface area (Å²) in [6, 6.07) is 7.31. The number of aldehydes is 1. The van der Waals surface area contributed by atoms with Crippen molar-refractivity contribution in [3.63, 3.8) is 0 Å². The minimum atomic E-state index is 0.533. The number of nitrogens with zero attached hydrogens (tertiary/aromatic N) is 3. The molecular formula is C14H11N3O2. The SMILES string of the molecule is COc1ccc2c(c1)c(C=O)cn2-c1ncccn1. The standard InChI is InChI=1S/C14H11N3O2/c1-19-11-3-4-13-12(7-11)10(9-18)8-17(13)14-15-5-2-6-16-14/h2-9H,1H3. The molecule has 0 aliphatic heterocycles. The third-order valence-electron chi connectivity index (χ3n) is 2.94. The molecule has 0 aliphatic carbocycles. The minimum Gasteiger partial charge on any atom is -0.497 e. The fraction of sp³-hybridized carbons (Fsp3) is 0.0714. The predicted molar refractivity (Wildman–Crippen MR) is 70.8 cm³/mol. The normalized spacial score (nSPS) is 10.6. The smallest absolute Gasteiger partial charge is 0.234 e. The molecule has 0 N–H and O–H groups in total. The van der Waals surface area contributed by atoms with E-state index in [1.54, 1.807) is 36.3 Å². The predicted octanol–water partition coefficient (Wildman–Crippen LogP) is 2.24. The molecule has 0 unspecified atom stereocenters. The largest absolute Gasteiger partial charge is 0.497 e. The number of rotatable bonds is 3. The maximum absolute atomic E-state index is 11.2. The lowest BCUT2D eigenvalue weighted by Gasteiger charge is -2.03. The summed E-state index contributed by atoms with van der Waals surface area (Å²) in [5.74, 6) is 1.24. The zero-order chi connectivity index (χ0) is 13.2. The van der Waals surface area contributed by atoms with E-state index in [0.717, 1.165) is 17.2 Å². The zero-order valence-corrected chi connectivity index (χ0v) is 10.3. The topological polar surface area (TPSA) is 57.0 Å². The molecule has 0 aliphatic rings. The average Bonchev–Trinajstić information content (AvgIpc) is 2.86. The maximum Gasteiger partial charge on any atom is 0.234 e. The van der Waals surface area contributed by atoms with Gasteiger partial charge in [-0.3, -0.25) is 9.36 Å². The highest BCUT2D eigenvalue weighted by molar-refractivity contribution is 5.98. The molecule has 2 aromatic heterocycles. The summed E-state index contributed by atoms with van der Waals surface area (Å²) >= 11 is 0. The highest BCUT2D eigenvalue weighted by Crippen LogP contribution is 2.26. The second kappa shape index (κ2) is 4.53. The van der Waals surface area contributed by atoms with Crippen LogP contribution in [0.25, 0.3) is 16.9 Å². The van der Waals surface area contributed by atoms with E-state index in [4.69, 9.17) is 4.74 Å². The first-order chi connectivity index (χ1) is 9.33. The molecule has 1 aromatic carbocycles. The molecule has 0 atom stereocenters. The number of methoxy groups -OCH3 is 1. The highest BCUT2D eigenvalue weighted by atomic mass is 16.5. The number of hydrogen-bond donors (Lipinski definition) is 0. The van der Waals surface area contributed by atoms with E-state index in [-0.39, 0.29) is 0 Å². The molecule has 19 heavy (non-hydrogen) atoms. The van der Waals surface area contributed by atoms with Gasteiger partial charge in [0.2, 0.25) is 5.95 Å². The molecule has 0 saturated heterocycles. The Balaban J connectivity index is 2.29. The van der Waals surface area contributed by atoms with Crippen LogP contribution in [0.15, 0.2) is 42.9 Å². The minimum absolute atomic E-state index is 0.533. The second-order valence-corrected chi connectivity index (χ2v) is 4.00. The van der Waals surface area contributed by atoms with Crippen LogP contribution in [-0.4, -0.2) is 27.9 Å². The van der Waals surface area contributed by atoms with Gasteiger partial charge in [0.05, 0.1) is 12.6 Å². The molecule has 0 spiro atoms. The molecule has 94 valence electrons. The number of aromatic nitrogens is 3. The fourth-order valence-corrected chi connectivity index (χ4v) is 2.04. The van der Waals surface area contributed by atoms with Gasteiger partial charge >= 0.3 is 0 Å². The van der Waals surface area contributed by atoms with Crippen molar-refractivity contribution in [1.29, 1.82) is 0 Å². The Morgan fingerprint density at radius 3 is 2.74 bits per heavy atom. The lowest BCUT2D eigenvalue weighted by molar-refractivity contribution is 0.112. The number of ether oxygens (including phenoxy) is 1. The molecule has 0 amide bonds. The highest BCUT2D eigenvalue weighted by Gasteiger charge is 2.11. The van der Waals surface area contributed by atoms with Crippen LogP contribution in [-0.2, 0) is 0 Å². The first kappa shape index (κ1) is 11.4. The summed E-state index contributed by atoms with van der Waals surface area (Å²) in [7, 11) is 1.60. The van der Waals surface area contributed by atoms with E-state index in [1.165, 1.54) is 0 Å². The molecule has 0 saturated carbocycles. The lowest BCUT2D eigenvalue weighted by atomic mass is 10.2. The molecule has 0 bridgehead atoms. The van der Waals surface area contributed by atoms with Gasteiger partial charge in [-0.25, -0.2) is 9.97 Å². The van der Waals surface area contributed by atoms with Gasteiger partial charge in [-0.2, -0.15) is 0 Å². The van der Waals surface area contributed by atoms with E-state index in [0.29, 0.717) is 17.3 Å². The lowest BCUT2D eigenvalue weighted by Crippen LogP contribution is -1.98. The van der Waals surface area contributed by atoms with E-state index >= 15 is 0 Å². The van der Waals surface area contributed by atoms with Crippen molar-refractivity contribution in [1.82, 2.24) is 14.5 Å². The molecule has 0 fully saturated rings. The van der Waals surface area contributed by atoms with Crippen molar-refractivity contribution in [2.75, 3.05) is 7.11 Å². The Bertz CT molecular complexity index is 735. The Labute approximate surface area is 109 Å². The van der Waals surface area contributed by atoms with Crippen LogP contribution in [0.1, 0.15) is 10.4 Å². The van der Waals surface area contributed by atoms with E-state index in [9.17, 15) is 4.79 Å². The Hall–Kier alpha value is -2.69. The molecule has 5 heteroatoms. The summed E-state index contributed by atoms with van der Waals surface area (Å²) in [6.45, 7) is 0. The van der Waals surface area contributed by atoms with Gasteiger partial charge in [-0.1, -0.05) is 0 Å². The van der Waals surface area contributed by atoms with Crippen LogP contribution < -0.4 is 4.74 Å². The van der Waals surface area contributed by atoms with E-state index in [1.807, 2.05) is 18.2 Å². The first-order valence-electron chi connectivity index (χ1n) is 5.75. The quantitative estimate of drug-likeness (QED) is 0.672. The summed E-state index contributed by atoms with van der Waals surface area (Å²) in [6.07, 6.45) is 5.88. The Morgan fingerprint density at radius 2 is 2.05 bits per heavy atom. The van der Waals surface area contributed by atoms with Crippen molar-refractivity contribution in [2.45, 2.75) is 0 Å². The fourth-order valence-electron chi connectivity index (χ4n) is 2.04. The average molecular weight is 253 g/mol. The summed E-state index contributed by atoms with van der Waals surface area (Å²) in [4.78, 5) is 19.6. The molecule has 3 rings (SSSR count). The number of carbonyl (C=O) groups is 1. The van der Waals surface area contributed by atoms with Gasteiger partial charge in [-0.05, 0) is 24.3 Å². The van der Waals surface area contributed by atoms with Crippen LogP contribution in [0.5, 0.6) is 5.75 Å². The van der Waals surface area contributed by atoms with Crippen LogP contribution in [0, 0.1) is 0 Å². The summed E-state index contributed by atoms with van der Waals surface area (Å²) in [5.41, 5.74) is 1.45. The second-order valence-electron chi connectivity index (χ2n) is 4.00. The van der Waals surface area contributed by atoms with E-state index < -0.39 is 0 Å². The molecule has 5 nitrogen and oxygen atoms in total. The monoisotopic (exact) mass is 253 g/mol. The van der Waals surface area contributed by atoms with Gasteiger partial charge in [0.1, 0.15) is 5.75 Å². The first-order valence-corrected chi connectivity index (χ1v) is 5.75. The van der Waals surface area contributed by atoms with Crippen molar-refractivity contribution >= 4 is 17.2 Å². The van der Waals surface area contributed by atoms with Gasteiger partial charge in [0, 0.05) is 29.5 Å². The molecule has 3 aromatic rings. The molecule has 0 radical (unpaired) electrons. The van der Waals surface area contributed by atoms with Crippen molar-refractivity contribution in [3.05, 3.63) is 48.4 Å². The van der Waals surface area contributed by atoms with Gasteiger partial charge in [0.25, 0.3) is 0 Å². The van der Waals surface area contributed by atoms with Crippen LogP contribution >= 0.6 is 0 Å². The third-order valence-corrected chi connectivity index (χ3v) is 2.94. The van der Waals surface area contributed by atoms with Crippen LogP contribution in [0.3, 0.4) is 0 Å². The van der Waals surface area contributed by atoms with Crippen LogP contribution in [0.2, 0.25) is 0 Å². The molecule has 2 heterocycles. The van der Waals surface area contributed by atoms with Gasteiger partial charge < -0.3 is 4.74 Å². The summed E-state index contributed by atoms with van der Waals surface area (Å²) < 4.78 is 6.97.